The van der Waals surface area contributed by atoms with Crippen molar-refractivity contribution in [2.24, 2.45) is 0 Å². The minimum absolute atomic E-state index is 0.655. The molecular weight excluding hydrogens is 396 g/mol. The number of nitrogens with zero attached hydrogens (tertiary/aromatic N) is 3. The van der Waals surface area contributed by atoms with Gasteiger partial charge < -0.3 is 14.1 Å². The van der Waals surface area contributed by atoms with Gasteiger partial charge in [-0.1, -0.05) is 29.8 Å². The molecule has 0 saturated carbocycles. The lowest BCUT2D eigenvalue weighted by molar-refractivity contribution is 0.534. The highest BCUT2D eigenvalue weighted by Crippen LogP contribution is 2.32. The highest BCUT2D eigenvalue weighted by Gasteiger charge is 2.15. The van der Waals surface area contributed by atoms with Crippen molar-refractivity contribution in [2.75, 3.05) is 5.32 Å². The molecular formula is C24H19ClN4O. The summed E-state index contributed by atoms with van der Waals surface area (Å²) in [5.74, 6) is 1.41. The van der Waals surface area contributed by atoms with Gasteiger partial charge in [0.2, 0.25) is 0 Å². The molecule has 0 aliphatic carbocycles. The van der Waals surface area contributed by atoms with E-state index in [1.165, 1.54) is 0 Å². The third-order valence-electron chi connectivity index (χ3n) is 5.09. The van der Waals surface area contributed by atoms with Gasteiger partial charge in [-0.2, -0.15) is 0 Å². The Morgan fingerprint density at radius 3 is 2.50 bits per heavy atom. The summed E-state index contributed by atoms with van der Waals surface area (Å²) < 4.78 is 7.67. The van der Waals surface area contributed by atoms with Crippen LogP contribution in [0.5, 0.6) is 0 Å². The fourth-order valence-electron chi connectivity index (χ4n) is 3.56. The van der Waals surface area contributed by atoms with Crippen molar-refractivity contribution >= 4 is 28.6 Å². The lowest BCUT2D eigenvalue weighted by atomic mass is 10.1. The zero-order valence-electron chi connectivity index (χ0n) is 16.6. The first-order chi connectivity index (χ1) is 14.6. The molecule has 148 valence electrons. The number of halogens is 1. The summed E-state index contributed by atoms with van der Waals surface area (Å²) in [4.78, 5) is 9.06. The Labute approximate surface area is 179 Å². The van der Waals surface area contributed by atoms with Crippen LogP contribution in [0.1, 0.15) is 11.6 Å². The molecule has 5 nitrogen and oxygen atoms in total. The number of rotatable bonds is 4. The van der Waals surface area contributed by atoms with Gasteiger partial charge in [0.15, 0.2) is 17.3 Å². The molecule has 0 atom stereocenters. The van der Waals surface area contributed by atoms with Crippen LogP contribution < -0.4 is 5.32 Å². The van der Waals surface area contributed by atoms with Crippen molar-refractivity contribution in [1.82, 2.24) is 14.4 Å². The van der Waals surface area contributed by atoms with Crippen LogP contribution >= 0.6 is 11.6 Å². The van der Waals surface area contributed by atoms with E-state index in [0.29, 0.717) is 10.9 Å². The van der Waals surface area contributed by atoms with Crippen molar-refractivity contribution in [1.29, 1.82) is 0 Å². The molecule has 3 heterocycles. The van der Waals surface area contributed by atoms with Gasteiger partial charge in [0.05, 0.1) is 22.6 Å². The summed E-state index contributed by atoms with van der Waals surface area (Å²) >= 11 is 6.42. The molecule has 2 aromatic carbocycles. The normalized spacial score (nSPS) is 11.2. The Morgan fingerprint density at radius 1 is 0.967 bits per heavy atom. The second-order valence-corrected chi connectivity index (χ2v) is 7.49. The smallest absolute Gasteiger partial charge is 0.191 e. The average molecular weight is 415 g/mol. The maximum atomic E-state index is 6.42. The molecule has 1 N–H and O–H groups in total. The first-order valence-corrected chi connectivity index (χ1v) is 10.0. The van der Waals surface area contributed by atoms with Crippen LogP contribution in [0.3, 0.4) is 0 Å². The Morgan fingerprint density at radius 2 is 1.77 bits per heavy atom. The minimum Gasteiger partial charge on any atom is -0.441 e. The lowest BCUT2D eigenvalue weighted by Crippen LogP contribution is -1.95. The number of aromatic nitrogens is 3. The van der Waals surface area contributed by atoms with Crippen LogP contribution in [0, 0.1) is 13.8 Å². The number of oxazole rings is 1. The SMILES string of the molecule is Cc1ncc(-c2ccc(Nc3cccn4c(C)c(-c5ccccc5Cl)nc34)cc2)o1. The molecule has 0 saturated heterocycles. The van der Waals surface area contributed by atoms with Gasteiger partial charge in [-0.25, -0.2) is 9.97 Å². The van der Waals surface area contributed by atoms with Crippen LogP contribution in [0.2, 0.25) is 5.02 Å². The number of anilines is 2. The number of hydrogen-bond donors (Lipinski definition) is 1. The van der Waals surface area contributed by atoms with Gasteiger partial charge in [0.1, 0.15) is 0 Å². The predicted octanol–water partition coefficient (Wildman–Crippen LogP) is 6.67. The second kappa shape index (κ2) is 7.35. The number of fused-ring (bicyclic) bond motifs is 1. The van der Waals surface area contributed by atoms with E-state index >= 15 is 0 Å². The number of aryl methyl sites for hydroxylation is 2. The Bertz CT molecular complexity index is 1350. The zero-order valence-corrected chi connectivity index (χ0v) is 17.3. The van der Waals surface area contributed by atoms with E-state index in [-0.39, 0.29) is 0 Å². The van der Waals surface area contributed by atoms with Crippen molar-refractivity contribution in [3.63, 3.8) is 0 Å². The van der Waals surface area contributed by atoms with Crippen molar-refractivity contribution in [3.8, 4) is 22.6 Å². The summed E-state index contributed by atoms with van der Waals surface area (Å²) in [6.45, 7) is 3.89. The minimum atomic E-state index is 0.655. The summed E-state index contributed by atoms with van der Waals surface area (Å²) in [5, 5.41) is 4.17. The summed E-state index contributed by atoms with van der Waals surface area (Å²) in [7, 11) is 0. The van der Waals surface area contributed by atoms with Crippen molar-refractivity contribution in [2.45, 2.75) is 13.8 Å². The van der Waals surface area contributed by atoms with Crippen molar-refractivity contribution in [3.05, 3.63) is 89.7 Å². The van der Waals surface area contributed by atoms with E-state index in [4.69, 9.17) is 21.0 Å². The van der Waals surface area contributed by atoms with Crippen LogP contribution in [-0.4, -0.2) is 14.4 Å². The molecule has 0 bridgehead atoms. The van der Waals surface area contributed by atoms with Gasteiger partial charge in [-0.15, -0.1) is 0 Å². The zero-order chi connectivity index (χ0) is 20.7. The largest absolute Gasteiger partial charge is 0.441 e. The number of benzene rings is 2. The summed E-state index contributed by atoms with van der Waals surface area (Å²) in [6, 6.07) is 19.9. The third kappa shape index (κ3) is 3.23. The summed E-state index contributed by atoms with van der Waals surface area (Å²) in [5.41, 5.74) is 6.56. The molecule has 6 heteroatoms. The molecule has 3 aromatic heterocycles. The van der Waals surface area contributed by atoms with Crippen LogP contribution in [0.4, 0.5) is 11.4 Å². The number of hydrogen-bond acceptors (Lipinski definition) is 4. The van der Waals surface area contributed by atoms with Crippen molar-refractivity contribution < 1.29 is 4.42 Å². The fraction of sp³-hybridized carbons (Fsp3) is 0.0833. The molecule has 5 rings (SSSR count). The molecule has 0 spiro atoms. The second-order valence-electron chi connectivity index (χ2n) is 7.09. The topological polar surface area (TPSA) is 55.4 Å². The molecule has 0 unspecified atom stereocenters. The van der Waals surface area contributed by atoms with E-state index in [1.54, 1.807) is 6.20 Å². The van der Waals surface area contributed by atoms with Crippen LogP contribution in [0.15, 0.2) is 77.5 Å². The molecule has 30 heavy (non-hydrogen) atoms. The molecule has 5 aromatic rings. The first kappa shape index (κ1) is 18.5. The molecule has 0 aliphatic rings. The fourth-order valence-corrected chi connectivity index (χ4v) is 3.79. The van der Waals surface area contributed by atoms with Gasteiger partial charge in [-0.05, 0) is 49.4 Å². The molecule has 0 radical (unpaired) electrons. The average Bonchev–Trinajstić information content (AvgIpc) is 3.33. The standard InChI is InChI=1S/C24H19ClN4O/c1-15-23(19-6-3-4-7-20(19)25)28-24-21(8-5-13-29(15)24)27-18-11-9-17(10-12-18)22-14-26-16(2)30-22/h3-14,27H,1-2H3. The Kier molecular flexibility index (Phi) is 4.52. The van der Waals surface area contributed by atoms with Gasteiger partial charge in [0, 0.05) is 35.6 Å². The quantitative estimate of drug-likeness (QED) is 0.356. The van der Waals surface area contributed by atoms with E-state index in [9.17, 15) is 0 Å². The van der Waals surface area contributed by atoms with Gasteiger partial charge >= 0.3 is 0 Å². The highest BCUT2D eigenvalue weighted by molar-refractivity contribution is 6.33. The molecule has 0 amide bonds. The van der Waals surface area contributed by atoms with E-state index in [0.717, 1.165) is 45.3 Å². The van der Waals surface area contributed by atoms with Crippen LogP contribution in [-0.2, 0) is 0 Å². The summed E-state index contributed by atoms with van der Waals surface area (Å²) in [6.07, 6.45) is 3.75. The van der Waals surface area contributed by atoms with E-state index in [1.807, 2.05) is 73.8 Å². The lowest BCUT2D eigenvalue weighted by Gasteiger charge is -2.08. The monoisotopic (exact) mass is 414 g/mol. The maximum Gasteiger partial charge on any atom is 0.191 e. The van der Waals surface area contributed by atoms with Gasteiger partial charge in [-0.3, -0.25) is 0 Å². The van der Waals surface area contributed by atoms with E-state index < -0.39 is 0 Å². The number of pyridine rings is 1. The Hall–Kier alpha value is -3.57. The first-order valence-electron chi connectivity index (χ1n) is 9.62. The Balaban J connectivity index is 1.51. The number of nitrogens with one attached hydrogen (secondary N) is 1. The number of imidazole rings is 1. The predicted molar refractivity (Wildman–Crippen MR) is 120 cm³/mol. The van der Waals surface area contributed by atoms with E-state index in [2.05, 4.69) is 21.6 Å². The van der Waals surface area contributed by atoms with Gasteiger partial charge in [0.25, 0.3) is 0 Å². The molecule has 0 aliphatic heterocycles. The molecule has 0 fully saturated rings. The third-order valence-corrected chi connectivity index (χ3v) is 5.42. The maximum absolute atomic E-state index is 6.42. The highest BCUT2D eigenvalue weighted by atomic mass is 35.5. The van der Waals surface area contributed by atoms with Crippen LogP contribution in [0.25, 0.3) is 28.2 Å².